The smallest absolute Gasteiger partial charge is 0.255 e. The van der Waals surface area contributed by atoms with Crippen LogP contribution in [-0.4, -0.2) is 28.6 Å². The lowest BCUT2D eigenvalue weighted by molar-refractivity contribution is -0.136. The van der Waals surface area contributed by atoms with Crippen LogP contribution in [0, 0.1) is 0 Å². The molecule has 0 spiro atoms. The van der Waals surface area contributed by atoms with Gasteiger partial charge in [0, 0.05) is 32.5 Å². The molecule has 0 radical (unpaired) electrons. The van der Waals surface area contributed by atoms with Gasteiger partial charge in [-0.05, 0) is 18.6 Å². The number of hydrogen-bond acceptors (Lipinski definition) is 4. The molecule has 1 aromatic carbocycles. The Hall–Kier alpha value is -2.37. The van der Waals surface area contributed by atoms with Crippen molar-refractivity contribution in [1.82, 2.24) is 10.2 Å². The molecule has 0 aromatic heterocycles. The Morgan fingerprint density at radius 3 is 3.16 bits per heavy atom. The zero-order valence-electron chi connectivity index (χ0n) is 15.7. The molecule has 0 bridgehead atoms. The van der Waals surface area contributed by atoms with Crippen molar-refractivity contribution in [2.24, 2.45) is 0 Å². The van der Waals surface area contributed by atoms with Crippen LogP contribution in [0.15, 0.2) is 18.2 Å². The number of fused-ring (bicyclic) bond motifs is 1. The number of imide groups is 1. The quantitative estimate of drug-likeness (QED) is 0.583. The summed E-state index contributed by atoms with van der Waals surface area (Å²) in [5.41, 5.74) is 0.734. The summed E-state index contributed by atoms with van der Waals surface area (Å²) in [5.74, 6) is -3.45. The van der Waals surface area contributed by atoms with Crippen LogP contribution in [0.5, 0.6) is 0 Å². The maximum Gasteiger partial charge on any atom is 0.255 e. The Labute approximate surface area is 118 Å². The Morgan fingerprint density at radius 1 is 1.53 bits per heavy atom. The molecule has 0 saturated carbocycles. The molecule has 2 aliphatic rings. The Balaban J connectivity index is 2.06. The minimum atomic E-state index is -2.65. The first-order chi connectivity index (χ1) is 11.5. The Bertz CT molecular complexity index is 801. The first kappa shape index (κ1) is 6.70. The molecule has 19 heavy (non-hydrogen) atoms. The molecule has 3 N–H and O–H groups in total. The number of rotatable bonds is 2. The number of anilines is 1. The fourth-order valence-electron chi connectivity index (χ4n) is 2.18. The van der Waals surface area contributed by atoms with E-state index in [0.717, 1.165) is 4.90 Å². The summed E-state index contributed by atoms with van der Waals surface area (Å²) in [4.78, 5) is 37.5. The number of nitrogen functional groups attached to an aromatic ring is 1. The molecule has 0 aliphatic carbocycles. The zero-order chi connectivity index (χ0) is 18.7. The molecule has 1 fully saturated rings. The van der Waals surface area contributed by atoms with Crippen LogP contribution in [-0.2, 0) is 16.1 Å². The van der Waals surface area contributed by atoms with Crippen molar-refractivity contribution < 1.29 is 22.7 Å². The average Bonchev–Trinajstić information content (AvgIpc) is 2.88. The van der Waals surface area contributed by atoms with E-state index >= 15 is 0 Å². The molecular weight excluding hydrogens is 246 g/mol. The third kappa shape index (κ3) is 1.76. The highest BCUT2D eigenvalue weighted by molar-refractivity contribution is 6.06. The van der Waals surface area contributed by atoms with Crippen molar-refractivity contribution >= 4 is 23.4 Å². The largest absolute Gasteiger partial charge is 0.398 e. The molecule has 2 aliphatic heterocycles. The number of benzene rings is 1. The first-order valence-corrected chi connectivity index (χ1v) is 5.60. The second-order valence-electron chi connectivity index (χ2n) is 4.22. The van der Waals surface area contributed by atoms with Gasteiger partial charge in [0.1, 0.15) is 6.02 Å². The summed E-state index contributed by atoms with van der Waals surface area (Å²) >= 11 is 0. The number of piperidine rings is 1. The maximum atomic E-state index is 12.6. The van der Waals surface area contributed by atoms with E-state index in [1.165, 1.54) is 18.2 Å². The first-order valence-electron chi connectivity index (χ1n) is 8.44. The van der Waals surface area contributed by atoms with E-state index < -0.39 is 36.5 Å². The minimum Gasteiger partial charge on any atom is -0.398 e. The number of hydrogen-bond donors (Lipinski definition) is 2. The molecule has 1 aromatic rings. The maximum absolute atomic E-state index is 12.6. The second-order valence-corrected chi connectivity index (χ2v) is 4.22. The van der Waals surface area contributed by atoms with E-state index in [1.807, 2.05) is 0 Å². The standard InChI is InChI=1S/C13H13N3O3/c14-9-3-1-2-7-8(9)6-16(13(7)19)10-4-5-11(17)15-12(10)18/h1-3,10H,4-6,14H2,(H,15,17,18)/i5D2,10D/hD3. The van der Waals surface area contributed by atoms with Gasteiger partial charge in [0.05, 0.1) is 1.37 Å². The Morgan fingerprint density at radius 2 is 2.37 bits per heavy atom. The SMILES string of the molecule is [2H]N1C(=O)C([2H])([2H])CC([2H])(N2Cc3c(cccc3N([2H])[2H])C2=O)C1=O. The molecular formula is C13H13N3O3. The van der Waals surface area contributed by atoms with E-state index in [4.69, 9.17) is 8.35 Å². The average molecular weight is 265 g/mol. The predicted molar refractivity (Wildman–Crippen MR) is 66.9 cm³/mol. The van der Waals surface area contributed by atoms with E-state index in [-0.39, 0.29) is 28.7 Å². The van der Waals surface area contributed by atoms with Crippen molar-refractivity contribution in [1.29, 1.82) is 0 Å². The zero-order valence-corrected chi connectivity index (χ0v) is 9.71. The number of amides is 3. The van der Waals surface area contributed by atoms with Gasteiger partial charge in [-0.25, -0.2) is 0 Å². The van der Waals surface area contributed by atoms with E-state index in [1.54, 1.807) is 0 Å². The normalized spacial score (nSPS) is 33.8. The van der Waals surface area contributed by atoms with E-state index in [2.05, 4.69) is 0 Å². The van der Waals surface area contributed by atoms with Crippen molar-refractivity contribution in [3.63, 3.8) is 0 Å². The van der Waals surface area contributed by atoms with Gasteiger partial charge >= 0.3 is 0 Å². The van der Waals surface area contributed by atoms with Gasteiger partial charge in [0.25, 0.3) is 5.91 Å². The number of nitrogens with two attached hydrogens (primary N) is 1. The van der Waals surface area contributed by atoms with Crippen LogP contribution < -0.4 is 11.0 Å². The fourth-order valence-corrected chi connectivity index (χ4v) is 2.18. The third-order valence-corrected chi connectivity index (χ3v) is 3.13. The summed E-state index contributed by atoms with van der Waals surface area (Å²) in [6, 6.07) is 1.82. The van der Waals surface area contributed by atoms with Crippen LogP contribution >= 0.6 is 0 Å². The van der Waals surface area contributed by atoms with Gasteiger partial charge < -0.3 is 10.6 Å². The third-order valence-electron chi connectivity index (χ3n) is 3.13. The topological polar surface area (TPSA) is 92.5 Å². The number of carbonyl (C=O) groups excluding carboxylic acids is 3. The monoisotopic (exact) mass is 265 g/mol. The number of nitrogens with one attached hydrogen (secondary N) is 1. The molecule has 3 amide bonds. The van der Waals surface area contributed by atoms with Gasteiger partial charge in [-0.15, -0.1) is 0 Å². The molecule has 3 rings (SSSR count). The molecule has 1 unspecified atom stereocenters. The molecule has 1 atom stereocenters. The highest BCUT2D eigenvalue weighted by atomic mass is 16.2. The van der Waals surface area contributed by atoms with Crippen molar-refractivity contribution in [3.8, 4) is 0 Å². The second kappa shape index (κ2) is 4.08. The van der Waals surface area contributed by atoms with Gasteiger partial charge in [0.2, 0.25) is 11.8 Å². The van der Waals surface area contributed by atoms with Crippen LogP contribution in [0.3, 0.4) is 0 Å². The summed E-state index contributed by atoms with van der Waals surface area (Å²) in [6.07, 6.45) is -3.54. The van der Waals surface area contributed by atoms with Gasteiger partial charge in [-0.3, -0.25) is 19.7 Å². The summed E-state index contributed by atoms with van der Waals surface area (Å²) in [6.45, 7) is -0.300. The Kier molecular flexibility index (Phi) is 1.44. The van der Waals surface area contributed by atoms with Crippen LogP contribution in [0.2, 0.25) is 4.24 Å². The van der Waals surface area contributed by atoms with Crippen LogP contribution in [0.4, 0.5) is 5.69 Å². The predicted octanol–water partition coefficient (Wildman–Crippen LogP) is 0.0298. The lowest BCUT2D eigenvalue weighted by Gasteiger charge is -2.29. The van der Waals surface area contributed by atoms with Gasteiger partial charge in [-0.2, -0.15) is 0 Å². The number of nitrogens with zero attached hydrogens (tertiary/aromatic N) is 1. The molecule has 1 saturated heterocycles. The van der Waals surface area contributed by atoms with E-state index in [0.29, 0.717) is 5.72 Å². The molecule has 2 heterocycles. The lowest BCUT2D eigenvalue weighted by Crippen LogP contribution is -2.52. The highest BCUT2D eigenvalue weighted by Crippen LogP contribution is 2.30. The van der Waals surface area contributed by atoms with Crippen molar-refractivity contribution in [2.75, 3.05) is 5.72 Å². The van der Waals surface area contributed by atoms with E-state index in [9.17, 15) is 14.4 Å². The molecule has 6 heteroatoms. The van der Waals surface area contributed by atoms with Crippen molar-refractivity contribution in [3.05, 3.63) is 29.3 Å². The number of carbonyl (C=O) groups is 3. The summed E-state index contributed by atoms with van der Waals surface area (Å²) < 4.78 is 46.0. The van der Waals surface area contributed by atoms with Crippen LogP contribution in [0.1, 0.15) is 32.8 Å². The minimum absolute atomic E-state index is 0.0852. The van der Waals surface area contributed by atoms with Gasteiger partial charge in [-0.1, -0.05) is 6.07 Å². The molecule has 98 valence electrons. The van der Waals surface area contributed by atoms with Gasteiger partial charge in [0.15, 0.2) is 4.24 Å². The highest BCUT2D eigenvalue weighted by Gasteiger charge is 2.39. The summed E-state index contributed by atoms with van der Waals surface area (Å²) in [5, 5.41) is -0.213. The lowest BCUT2D eigenvalue weighted by atomic mass is 10.0. The summed E-state index contributed by atoms with van der Waals surface area (Å²) in [7, 11) is 0. The van der Waals surface area contributed by atoms with Crippen molar-refractivity contribution in [2.45, 2.75) is 25.4 Å². The fraction of sp³-hybridized carbons (Fsp3) is 0.308. The molecule has 6 nitrogen and oxygen atoms in total. The van der Waals surface area contributed by atoms with Crippen LogP contribution in [0.25, 0.3) is 0 Å².